The zero-order valence-corrected chi connectivity index (χ0v) is 50.1. The molecule has 1 rings (SSSR count). The van der Waals surface area contributed by atoms with Gasteiger partial charge in [0.05, 0.1) is 32.0 Å². The number of hydrogen-bond acceptors (Lipinski definition) is 10. The van der Waals surface area contributed by atoms with E-state index in [4.69, 9.17) is 14.2 Å². The Morgan fingerprint density at radius 1 is 0.474 bits per heavy atom. The Hall–Kier alpha value is -2.64. The lowest BCUT2D eigenvalue weighted by atomic mass is 9.99. The first kappa shape index (κ1) is 73.4. The molecule has 6 N–H and O–H groups in total. The summed E-state index contributed by atoms with van der Waals surface area (Å²) in [5.74, 6) is -0.214. The van der Waals surface area contributed by atoms with Crippen molar-refractivity contribution < 1.29 is 49.3 Å². The normalized spacial score (nSPS) is 18.9. The molecule has 7 unspecified atom stereocenters. The average Bonchev–Trinajstić information content (AvgIpc) is 3.43. The highest BCUT2D eigenvalue weighted by molar-refractivity contribution is 5.76. The summed E-state index contributed by atoms with van der Waals surface area (Å²) in [7, 11) is 0. The van der Waals surface area contributed by atoms with Crippen molar-refractivity contribution in [3.05, 3.63) is 60.8 Å². The molecule has 0 aromatic heterocycles. The van der Waals surface area contributed by atoms with E-state index in [1.165, 1.54) is 173 Å². The molecule has 0 radical (unpaired) electrons. The van der Waals surface area contributed by atoms with Crippen LogP contribution in [-0.4, -0.2) is 100 Å². The average molecular weight is 1100 g/mol. The summed E-state index contributed by atoms with van der Waals surface area (Å²) in [4.78, 5) is 25.1. The first-order valence-electron chi connectivity index (χ1n) is 32.6. The highest BCUT2D eigenvalue weighted by Gasteiger charge is 2.44. The van der Waals surface area contributed by atoms with Gasteiger partial charge in [-0.05, 0) is 103 Å². The Kier molecular flexibility index (Phi) is 52.9. The fourth-order valence-electron chi connectivity index (χ4n) is 9.89. The van der Waals surface area contributed by atoms with Gasteiger partial charge in [-0.3, -0.25) is 9.59 Å². The van der Waals surface area contributed by atoms with Gasteiger partial charge in [0.15, 0.2) is 6.29 Å². The predicted octanol–water partition coefficient (Wildman–Crippen LogP) is 15.8. The van der Waals surface area contributed by atoms with E-state index in [2.05, 4.69) is 67.8 Å². The largest absolute Gasteiger partial charge is 0.466 e. The predicted molar refractivity (Wildman–Crippen MR) is 324 cm³/mol. The maximum atomic E-state index is 13.0. The van der Waals surface area contributed by atoms with E-state index >= 15 is 0 Å². The molecule has 1 fully saturated rings. The monoisotopic (exact) mass is 1100 g/mol. The van der Waals surface area contributed by atoms with E-state index in [-0.39, 0.29) is 18.5 Å². The number of aliphatic hydroxyl groups is 5. The minimum atomic E-state index is -1.58. The Labute approximate surface area is 478 Å². The summed E-state index contributed by atoms with van der Waals surface area (Å²) < 4.78 is 16.7. The fraction of sp³-hybridized carbons (Fsp3) is 0.821. The summed E-state index contributed by atoms with van der Waals surface area (Å²) in [5.41, 5.74) is 0. The molecule has 0 aromatic carbocycles. The third-order valence-corrected chi connectivity index (χ3v) is 15.1. The highest BCUT2D eigenvalue weighted by atomic mass is 16.7. The van der Waals surface area contributed by atoms with E-state index in [0.717, 1.165) is 89.9 Å². The van der Waals surface area contributed by atoms with Crippen molar-refractivity contribution in [2.75, 3.05) is 19.8 Å². The van der Waals surface area contributed by atoms with E-state index in [9.17, 15) is 35.1 Å². The smallest absolute Gasteiger partial charge is 0.305 e. The number of unbranched alkanes of at least 4 members (excludes halogenated alkanes) is 34. The zero-order valence-electron chi connectivity index (χ0n) is 50.1. The number of carbonyl (C=O) groups is 2. The number of esters is 1. The second-order valence-corrected chi connectivity index (χ2v) is 22.4. The molecular formula is C67H121NO10. The van der Waals surface area contributed by atoms with Crippen LogP contribution in [0.25, 0.3) is 0 Å². The van der Waals surface area contributed by atoms with E-state index < -0.39 is 49.5 Å². The van der Waals surface area contributed by atoms with Crippen LogP contribution in [0.3, 0.4) is 0 Å². The number of amides is 1. The molecule has 0 bridgehead atoms. The van der Waals surface area contributed by atoms with E-state index in [1.54, 1.807) is 6.08 Å². The Balaban J connectivity index is 1.99. The van der Waals surface area contributed by atoms with Gasteiger partial charge < -0.3 is 45.1 Å². The molecule has 0 aliphatic carbocycles. The van der Waals surface area contributed by atoms with Crippen LogP contribution in [0.5, 0.6) is 0 Å². The van der Waals surface area contributed by atoms with E-state index in [0.29, 0.717) is 19.4 Å². The molecular weight excluding hydrogens is 979 g/mol. The zero-order chi connectivity index (χ0) is 56.6. The quantitative estimate of drug-likeness (QED) is 0.0195. The van der Waals surface area contributed by atoms with Gasteiger partial charge in [0.1, 0.15) is 24.4 Å². The van der Waals surface area contributed by atoms with Gasteiger partial charge in [0, 0.05) is 12.8 Å². The van der Waals surface area contributed by atoms with Crippen molar-refractivity contribution in [3.63, 3.8) is 0 Å². The van der Waals surface area contributed by atoms with Crippen LogP contribution in [0, 0.1) is 0 Å². The van der Waals surface area contributed by atoms with Gasteiger partial charge >= 0.3 is 5.97 Å². The Morgan fingerprint density at radius 3 is 1.37 bits per heavy atom. The minimum absolute atomic E-state index is 0.00863. The summed E-state index contributed by atoms with van der Waals surface area (Å²) in [6, 6.07) is -0.835. The van der Waals surface area contributed by atoms with Crippen LogP contribution in [0.1, 0.15) is 290 Å². The highest BCUT2D eigenvalue weighted by Crippen LogP contribution is 2.23. The van der Waals surface area contributed by atoms with Crippen molar-refractivity contribution in [1.82, 2.24) is 5.32 Å². The summed E-state index contributed by atoms with van der Waals surface area (Å²) >= 11 is 0. The van der Waals surface area contributed by atoms with Crippen LogP contribution in [0.2, 0.25) is 0 Å². The standard InChI is InChI=1S/C67H121NO10/c1-3-5-7-9-11-13-14-15-16-17-26-29-32-35-39-43-47-51-55-63(72)76-56-52-48-44-40-36-33-30-27-24-22-20-18-19-21-23-25-28-31-34-38-42-46-50-54-62(71)68-59(60(70)53-49-45-41-37-12-10-8-6-4-2)58-77-67-66(75)65(74)64(73)61(57-69)78-67/h12,16-18,20-21,23,37,49,53,59-61,64-67,69-70,73-75H,3-11,13-15,19,22,24-36,38-48,50-52,54-58H2,1-2H3,(H,68,71)/b17-16-,20-18-,23-21-,37-12+,53-49+. The van der Waals surface area contributed by atoms with Crippen LogP contribution < -0.4 is 5.32 Å². The third-order valence-electron chi connectivity index (χ3n) is 15.1. The van der Waals surface area contributed by atoms with Gasteiger partial charge in [0.2, 0.25) is 5.91 Å². The van der Waals surface area contributed by atoms with Gasteiger partial charge in [-0.15, -0.1) is 0 Å². The molecule has 454 valence electrons. The SMILES string of the molecule is CCCCC/C=C/CC/C=C/C(O)C(COC1OC(CO)C(O)C(O)C1O)NC(=O)CCCCCCCCC/C=C\C/C=C\CCCCCCCCCCCOC(=O)CCCCCCCCC/C=C\CCCCCCCCC. The van der Waals surface area contributed by atoms with Gasteiger partial charge in [-0.2, -0.15) is 0 Å². The van der Waals surface area contributed by atoms with Crippen molar-refractivity contribution in [3.8, 4) is 0 Å². The van der Waals surface area contributed by atoms with Crippen molar-refractivity contribution in [2.24, 2.45) is 0 Å². The third kappa shape index (κ3) is 45.0. The first-order valence-corrected chi connectivity index (χ1v) is 32.6. The van der Waals surface area contributed by atoms with Gasteiger partial charge in [-0.25, -0.2) is 0 Å². The van der Waals surface area contributed by atoms with Gasteiger partial charge in [0.25, 0.3) is 0 Å². The van der Waals surface area contributed by atoms with Crippen LogP contribution in [0.15, 0.2) is 60.8 Å². The number of hydrogen-bond donors (Lipinski definition) is 6. The van der Waals surface area contributed by atoms with Crippen molar-refractivity contribution in [1.29, 1.82) is 0 Å². The topological polar surface area (TPSA) is 175 Å². The molecule has 1 aliphatic heterocycles. The summed E-state index contributed by atoms with van der Waals surface area (Å²) in [6.45, 7) is 4.26. The van der Waals surface area contributed by atoms with E-state index in [1.807, 2.05) is 6.08 Å². The molecule has 11 heteroatoms. The van der Waals surface area contributed by atoms with Gasteiger partial charge in [-0.1, -0.05) is 235 Å². The molecule has 0 spiro atoms. The second-order valence-electron chi connectivity index (χ2n) is 22.4. The molecule has 7 atom stereocenters. The van der Waals surface area contributed by atoms with Crippen LogP contribution >= 0.6 is 0 Å². The molecule has 11 nitrogen and oxygen atoms in total. The molecule has 1 saturated heterocycles. The maximum Gasteiger partial charge on any atom is 0.305 e. The number of ether oxygens (including phenoxy) is 3. The molecule has 0 aromatic rings. The lowest BCUT2D eigenvalue weighted by Crippen LogP contribution is -2.60. The van der Waals surface area contributed by atoms with Crippen LogP contribution in [0.4, 0.5) is 0 Å². The summed E-state index contributed by atoms with van der Waals surface area (Å²) in [5, 5.41) is 54.2. The fourth-order valence-corrected chi connectivity index (χ4v) is 9.89. The Morgan fingerprint density at radius 2 is 0.872 bits per heavy atom. The number of nitrogens with one attached hydrogen (secondary N) is 1. The number of allylic oxidation sites excluding steroid dienone is 9. The number of carbonyl (C=O) groups excluding carboxylic acids is 2. The molecule has 78 heavy (non-hydrogen) atoms. The second kappa shape index (κ2) is 56.2. The van der Waals surface area contributed by atoms with Crippen molar-refractivity contribution in [2.45, 2.75) is 333 Å². The molecule has 1 aliphatic rings. The maximum absolute atomic E-state index is 13.0. The molecule has 1 amide bonds. The number of aliphatic hydroxyl groups excluding tert-OH is 5. The summed E-state index contributed by atoms with van der Waals surface area (Å²) in [6.07, 6.45) is 63.5. The molecule has 1 heterocycles. The Bertz CT molecular complexity index is 1480. The van der Waals surface area contributed by atoms with Crippen LogP contribution in [-0.2, 0) is 23.8 Å². The van der Waals surface area contributed by atoms with Crippen molar-refractivity contribution >= 4 is 11.9 Å². The molecule has 0 saturated carbocycles. The first-order chi connectivity index (χ1) is 38.2. The minimum Gasteiger partial charge on any atom is -0.466 e. The lowest BCUT2D eigenvalue weighted by molar-refractivity contribution is -0.302. The number of rotatable bonds is 56. The lowest BCUT2D eigenvalue weighted by Gasteiger charge is -2.40.